The van der Waals surface area contributed by atoms with Crippen molar-refractivity contribution in [3.63, 3.8) is 0 Å². The fourth-order valence-corrected chi connectivity index (χ4v) is 3.20. The maximum absolute atomic E-state index is 11.9. The van der Waals surface area contributed by atoms with Crippen molar-refractivity contribution in [3.05, 3.63) is 35.4 Å². The molecule has 2 aliphatic rings. The van der Waals surface area contributed by atoms with Crippen LogP contribution in [-0.2, 0) is 31.9 Å². The normalized spacial score (nSPS) is 21.9. The number of ketones is 1. The number of halogens is 3. The molecule has 1 saturated carbocycles. The fraction of sp³-hybridized carbons (Fsp3) is 0.588. The van der Waals surface area contributed by atoms with Gasteiger partial charge in [-0.05, 0) is 36.8 Å². The number of alkyl halides is 3. The molecule has 142 valence electrons. The van der Waals surface area contributed by atoms with Gasteiger partial charge < -0.3 is 0 Å². The molecule has 4 nitrogen and oxygen atoms in total. The summed E-state index contributed by atoms with van der Waals surface area (Å²) in [5.41, 5.74) is -2.48. The Morgan fingerprint density at radius 3 is 1.68 bits per heavy atom. The van der Waals surface area contributed by atoms with Gasteiger partial charge in [-0.25, -0.2) is 0 Å². The van der Waals surface area contributed by atoms with Gasteiger partial charge in [-0.2, -0.15) is 21.6 Å². The molecule has 0 aliphatic heterocycles. The van der Waals surface area contributed by atoms with Crippen LogP contribution in [0.4, 0.5) is 13.2 Å². The summed E-state index contributed by atoms with van der Waals surface area (Å²) in [4.78, 5) is 11.9. The smallest absolute Gasteiger partial charge is 0.299 e. The quantitative estimate of drug-likeness (QED) is 0.548. The van der Waals surface area contributed by atoms with Gasteiger partial charge in [0.1, 0.15) is 5.78 Å². The second-order valence-corrected chi connectivity index (χ2v) is 7.32. The number of carbonyl (C=O) groups excluding carboxylic acids is 1. The molecule has 0 radical (unpaired) electrons. The second-order valence-electron chi connectivity index (χ2n) is 5.62. The van der Waals surface area contributed by atoms with Crippen molar-refractivity contribution >= 4 is 15.9 Å². The van der Waals surface area contributed by atoms with E-state index < -0.39 is 15.6 Å². The van der Waals surface area contributed by atoms with Crippen molar-refractivity contribution in [1.29, 1.82) is 0 Å². The van der Waals surface area contributed by atoms with Crippen LogP contribution in [-0.4, -0.2) is 26.8 Å². The summed E-state index contributed by atoms with van der Waals surface area (Å²) in [6.07, 6.45) is 4.23. The van der Waals surface area contributed by atoms with E-state index in [0.717, 1.165) is 25.7 Å². The number of hydrogen-bond acceptors (Lipinski definition) is 4. The summed E-state index contributed by atoms with van der Waals surface area (Å²) < 4.78 is 55.9. The van der Waals surface area contributed by atoms with E-state index in [1.165, 1.54) is 11.1 Å². The molecule has 2 aliphatic carbocycles. The van der Waals surface area contributed by atoms with Gasteiger partial charge in [0.15, 0.2) is 0 Å². The number of fused-ring (bicyclic) bond motifs is 3. The molecule has 0 saturated heterocycles. The first-order chi connectivity index (χ1) is 11.7. The predicted molar refractivity (Wildman–Crippen MR) is 88.4 cm³/mol. The summed E-state index contributed by atoms with van der Waals surface area (Å²) >= 11 is 0. The maximum Gasteiger partial charge on any atom is 0.523 e. The van der Waals surface area contributed by atoms with Gasteiger partial charge in [0.2, 0.25) is 0 Å². The van der Waals surface area contributed by atoms with E-state index in [9.17, 15) is 26.4 Å². The molecule has 2 atom stereocenters. The van der Waals surface area contributed by atoms with Crippen molar-refractivity contribution in [2.75, 3.05) is 7.11 Å². The van der Waals surface area contributed by atoms with E-state index in [0.29, 0.717) is 24.7 Å². The van der Waals surface area contributed by atoms with Gasteiger partial charge in [-0.15, -0.1) is 0 Å². The van der Waals surface area contributed by atoms with Crippen LogP contribution >= 0.6 is 0 Å². The molecule has 8 heteroatoms. The lowest BCUT2D eigenvalue weighted by molar-refractivity contribution is -0.123. The molecule has 1 unspecified atom stereocenters. The third kappa shape index (κ3) is 5.28. The fourth-order valence-electron chi connectivity index (χ4n) is 3.01. The van der Waals surface area contributed by atoms with Crippen LogP contribution in [0.3, 0.4) is 0 Å². The van der Waals surface area contributed by atoms with Crippen LogP contribution in [0.25, 0.3) is 0 Å². The van der Waals surface area contributed by atoms with Crippen LogP contribution in [0, 0.1) is 11.8 Å². The van der Waals surface area contributed by atoms with Crippen molar-refractivity contribution in [2.24, 2.45) is 11.8 Å². The Labute approximate surface area is 146 Å². The third-order valence-corrected chi connectivity index (χ3v) is 5.23. The minimum atomic E-state index is -5.34. The van der Waals surface area contributed by atoms with E-state index in [1.807, 2.05) is 13.8 Å². The average molecular weight is 380 g/mol. The van der Waals surface area contributed by atoms with E-state index >= 15 is 0 Å². The SMILES string of the molecule is CC.COS(=O)(=O)C(F)(F)F.O=C1C2CC[C@@H]1Cc1ccccc1C2. The number of carbonyl (C=O) groups is 1. The maximum atomic E-state index is 11.9. The van der Waals surface area contributed by atoms with Gasteiger partial charge in [0, 0.05) is 11.8 Å². The molecule has 3 rings (SSSR count). The second kappa shape index (κ2) is 8.80. The first-order valence-corrected chi connectivity index (χ1v) is 9.54. The minimum absolute atomic E-state index is 0.337. The summed E-state index contributed by atoms with van der Waals surface area (Å²) in [5, 5.41) is 0. The van der Waals surface area contributed by atoms with Crippen LogP contribution < -0.4 is 0 Å². The highest BCUT2D eigenvalue weighted by molar-refractivity contribution is 7.87. The Kier molecular flexibility index (Phi) is 7.62. The lowest BCUT2D eigenvalue weighted by Crippen LogP contribution is -2.23. The first kappa shape index (κ1) is 21.6. The third-order valence-electron chi connectivity index (χ3n) is 4.22. The molecule has 2 bridgehead atoms. The van der Waals surface area contributed by atoms with Crippen LogP contribution in [0.15, 0.2) is 24.3 Å². The molecule has 0 N–H and O–H groups in total. The zero-order valence-corrected chi connectivity index (χ0v) is 15.3. The predicted octanol–water partition coefficient (Wildman–Crippen LogP) is 3.89. The van der Waals surface area contributed by atoms with Crippen molar-refractivity contribution in [2.45, 2.75) is 45.0 Å². The van der Waals surface area contributed by atoms with E-state index in [4.69, 9.17) is 0 Å². The molecule has 1 aromatic carbocycles. The first-order valence-electron chi connectivity index (χ1n) is 8.13. The van der Waals surface area contributed by atoms with Crippen LogP contribution in [0.2, 0.25) is 0 Å². The summed E-state index contributed by atoms with van der Waals surface area (Å²) in [5.74, 6) is 1.20. The van der Waals surface area contributed by atoms with E-state index in [-0.39, 0.29) is 0 Å². The van der Waals surface area contributed by atoms with Crippen molar-refractivity contribution < 1.29 is 30.6 Å². The lowest BCUT2D eigenvalue weighted by Gasteiger charge is -2.10. The molecule has 1 fully saturated rings. The van der Waals surface area contributed by atoms with Crippen molar-refractivity contribution in [1.82, 2.24) is 0 Å². The van der Waals surface area contributed by atoms with Crippen molar-refractivity contribution in [3.8, 4) is 0 Å². The molecule has 0 amide bonds. The Morgan fingerprint density at radius 2 is 1.40 bits per heavy atom. The number of benzene rings is 1. The van der Waals surface area contributed by atoms with Gasteiger partial charge in [0.05, 0.1) is 7.11 Å². The molecule has 1 aromatic rings. The monoisotopic (exact) mass is 380 g/mol. The highest BCUT2D eigenvalue weighted by atomic mass is 32.2. The van der Waals surface area contributed by atoms with E-state index in [2.05, 4.69) is 28.4 Å². The molecule has 25 heavy (non-hydrogen) atoms. The van der Waals surface area contributed by atoms with Gasteiger partial charge in [-0.3, -0.25) is 8.98 Å². The largest absolute Gasteiger partial charge is 0.523 e. The Morgan fingerprint density at radius 1 is 1.00 bits per heavy atom. The zero-order valence-electron chi connectivity index (χ0n) is 14.5. The average Bonchev–Trinajstić information content (AvgIpc) is 2.82. The van der Waals surface area contributed by atoms with Crippen LogP contribution in [0.5, 0.6) is 0 Å². The molecule has 0 aromatic heterocycles. The number of hydrogen-bond donors (Lipinski definition) is 0. The van der Waals surface area contributed by atoms with Gasteiger partial charge >= 0.3 is 15.6 Å². The highest BCUT2D eigenvalue weighted by Gasteiger charge is 2.46. The number of Topliss-reactive ketones (excluding diaryl/α,β-unsaturated/α-hetero) is 1. The summed E-state index contributed by atoms with van der Waals surface area (Å²) in [7, 11) is -4.89. The standard InChI is InChI=1S/C13H14O.C2H3F3O3S.C2H6/c14-13-11-5-6-12(13)8-10-4-2-1-3-9(10)7-11;1-8-9(6,7)2(3,4)5;1-2/h1-4,11-12H,5-8H2;1H3;1-2H3/t11-,12?;;/m1../s1. The summed E-state index contributed by atoms with van der Waals surface area (Å²) in [6, 6.07) is 8.54. The van der Waals surface area contributed by atoms with Gasteiger partial charge in [0.25, 0.3) is 0 Å². The number of rotatable bonds is 1. The Balaban J connectivity index is 0.000000250. The molecule has 0 spiro atoms. The molecule has 0 heterocycles. The zero-order chi connectivity index (χ0) is 19.3. The topological polar surface area (TPSA) is 60.4 Å². The lowest BCUT2D eigenvalue weighted by atomic mass is 9.94. The summed E-state index contributed by atoms with van der Waals surface area (Å²) in [6.45, 7) is 4.00. The Bertz CT molecular complexity index is 648. The molecular formula is C17H23F3O4S. The molecular weight excluding hydrogens is 357 g/mol. The van der Waals surface area contributed by atoms with E-state index in [1.54, 1.807) is 0 Å². The minimum Gasteiger partial charge on any atom is -0.299 e. The van der Waals surface area contributed by atoms with Crippen LogP contribution in [0.1, 0.15) is 37.8 Å². The Hall–Kier alpha value is -1.41. The highest BCUT2D eigenvalue weighted by Crippen LogP contribution is 2.36. The van der Waals surface area contributed by atoms with Gasteiger partial charge in [-0.1, -0.05) is 38.1 Å².